The summed E-state index contributed by atoms with van der Waals surface area (Å²) in [7, 11) is 1.43. The Morgan fingerprint density at radius 3 is 2.48 bits per heavy atom. The van der Waals surface area contributed by atoms with Gasteiger partial charge < -0.3 is 15.0 Å². The monoisotopic (exact) mass is 472 g/mol. The summed E-state index contributed by atoms with van der Waals surface area (Å²) in [4.78, 5) is 14.5. The van der Waals surface area contributed by atoms with E-state index < -0.39 is 17.6 Å². The Bertz CT molecular complexity index is 987. The number of carbonyl (C=O) groups is 1. The second kappa shape index (κ2) is 9.83. The van der Waals surface area contributed by atoms with E-state index >= 15 is 0 Å². The van der Waals surface area contributed by atoms with Gasteiger partial charge in [0, 0.05) is 29.8 Å². The molecule has 2 aromatic rings. The van der Waals surface area contributed by atoms with E-state index in [9.17, 15) is 18.0 Å². The maximum absolute atomic E-state index is 13.2. The van der Waals surface area contributed by atoms with Crippen molar-refractivity contribution < 1.29 is 22.7 Å². The standard InChI is InChI=1S/C22H21Cl2F3N2O2/c1-31-21-14(11-16(23)13-17(21)24)5-8-20(30)28-18-12-15(22(25,26)27)6-7-19(18)29-9-3-2-4-10-29/h5-8,11-13H,2-4,9-10H2,1H3,(H,28,30)/b8-5+. The molecule has 1 aliphatic rings. The highest BCUT2D eigenvalue weighted by Gasteiger charge is 2.31. The van der Waals surface area contributed by atoms with Crippen LogP contribution in [0.25, 0.3) is 6.08 Å². The lowest BCUT2D eigenvalue weighted by molar-refractivity contribution is -0.137. The van der Waals surface area contributed by atoms with Gasteiger partial charge in [0.2, 0.25) is 5.91 Å². The lowest BCUT2D eigenvalue weighted by Crippen LogP contribution is -2.30. The maximum Gasteiger partial charge on any atom is 0.416 e. The highest BCUT2D eigenvalue weighted by Crippen LogP contribution is 2.37. The average molecular weight is 473 g/mol. The van der Waals surface area contributed by atoms with E-state index in [2.05, 4.69) is 5.32 Å². The van der Waals surface area contributed by atoms with Crippen LogP contribution in [0.5, 0.6) is 5.75 Å². The van der Waals surface area contributed by atoms with Crippen LogP contribution >= 0.6 is 23.2 Å². The lowest BCUT2D eigenvalue weighted by Gasteiger charge is -2.31. The summed E-state index contributed by atoms with van der Waals surface area (Å²) >= 11 is 12.1. The number of anilines is 2. The molecule has 4 nitrogen and oxygen atoms in total. The Hall–Kier alpha value is -2.38. The van der Waals surface area contributed by atoms with Gasteiger partial charge in [-0.25, -0.2) is 0 Å². The Kier molecular flexibility index (Phi) is 7.38. The van der Waals surface area contributed by atoms with Crippen LogP contribution in [0.1, 0.15) is 30.4 Å². The van der Waals surface area contributed by atoms with Crippen molar-refractivity contribution in [3.05, 3.63) is 57.6 Å². The number of amides is 1. The van der Waals surface area contributed by atoms with Crippen LogP contribution in [0.3, 0.4) is 0 Å². The van der Waals surface area contributed by atoms with Crippen molar-refractivity contribution in [2.45, 2.75) is 25.4 Å². The molecule has 0 aliphatic carbocycles. The molecule has 0 radical (unpaired) electrons. The first-order chi connectivity index (χ1) is 14.7. The molecule has 0 atom stereocenters. The minimum atomic E-state index is -4.51. The molecule has 9 heteroatoms. The number of benzene rings is 2. The van der Waals surface area contributed by atoms with Gasteiger partial charge in [-0.1, -0.05) is 23.2 Å². The largest absolute Gasteiger partial charge is 0.495 e. The number of hydrogen-bond acceptors (Lipinski definition) is 3. The molecule has 2 aromatic carbocycles. The highest BCUT2D eigenvalue weighted by atomic mass is 35.5. The van der Waals surface area contributed by atoms with Crippen LogP contribution in [-0.2, 0) is 11.0 Å². The molecular formula is C22H21Cl2F3N2O2. The van der Waals surface area contributed by atoms with Gasteiger partial charge in [-0.05, 0) is 55.7 Å². The molecule has 1 amide bonds. The number of piperidine rings is 1. The quantitative estimate of drug-likeness (QED) is 0.494. The topological polar surface area (TPSA) is 41.6 Å². The van der Waals surface area contributed by atoms with Crippen LogP contribution in [0.15, 0.2) is 36.4 Å². The molecule has 0 saturated carbocycles. The molecule has 1 N–H and O–H groups in total. The Morgan fingerprint density at radius 1 is 1.13 bits per heavy atom. The minimum Gasteiger partial charge on any atom is -0.495 e. The van der Waals surface area contributed by atoms with Crippen LogP contribution in [0.2, 0.25) is 10.0 Å². The number of carbonyl (C=O) groups excluding carboxylic acids is 1. The van der Waals surface area contributed by atoms with Crippen molar-refractivity contribution in [3.63, 3.8) is 0 Å². The number of nitrogens with one attached hydrogen (secondary N) is 1. The van der Waals surface area contributed by atoms with Crippen molar-refractivity contribution in [1.82, 2.24) is 0 Å². The Labute approximate surface area is 188 Å². The highest BCUT2D eigenvalue weighted by molar-refractivity contribution is 6.36. The van der Waals surface area contributed by atoms with Gasteiger partial charge in [-0.3, -0.25) is 4.79 Å². The normalized spacial score (nSPS) is 14.7. The van der Waals surface area contributed by atoms with E-state index in [1.165, 1.54) is 31.4 Å². The minimum absolute atomic E-state index is 0.113. The second-order valence-electron chi connectivity index (χ2n) is 7.11. The molecule has 0 spiro atoms. The molecule has 1 aliphatic heterocycles. The molecular weight excluding hydrogens is 452 g/mol. The van der Waals surface area contributed by atoms with Crippen molar-refractivity contribution in [2.24, 2.45) is 0 Å². The first-order valence-corrected chi connectivity index (χ1v) is 10.4. The zero-order valence-electron chi connectivity index (χ0n) is 16.7. The molecule has 0 bridgehead atoms. The summed E-state index contributed by atoms with van der Waals surface area (Å²) in [5, 5.41) is 3.22. The lowest BCUT2D eigenvalue weighted by atomic mass is 10.1. The first kappa shape index (κ1) is 23.3. The van der Waals surface area contributed by atoms with Gasteiger partial charge in [0.05, 0.1) is 29.1 Å². The Balaban J connectivity index is 1.88. The predicted molar refractivity (Wildman–Crippen MR) is 118 cm³/mol. The van der Waals surface area contributed by atoms with E-state index in [1.807, 2.05) is 4.90 Å². The third-order valence-corrected chi connectivity index (χ3v) is 5.43. The van der Waals surface area contributed by atoms with Crippen LogP contribution < -0.4 is 15.0 Å². The van der Waals surface area contributed by atoms with Gasteiger partial charge in [0.15, 0.2) is 0 Å². The third kappa shape index (κ3) is 5.86. The van der Waals surface area contributed by atoms with Crippen LogP contribution in [0, 0.1) is 0 Å². The molecule has 3 rings (SSSR count). The molecule has 31 heavy (non-hydrogen) atoms. The number of alkyl halides is 3. The van der Waals surface area contributed by atoms with E-state index in [1.54, 1.807) is 6.07 Å². The molecule has 1 heterocycles. The molecule has 1 fully saturated rings. The summed E-state index contributed by atoms with van der Waals surface area (Å²) in [6, 6.07) is 6.49. The number of halogens is 5. The summed E-state index contributed by atoms with van der Waals surface area (Å²) in [6.45, 7) is 1.45. The van der Waals surface area contributed by atoms with Gasteiger partial charge in [-0.15, -0.1) is 0 Å². The fraction of sp³-hybridized carbons (Fsp3) is 0.318. The van der Waals surface area contributed by atoms with Gasteiger partial charge in [0.1, 0.15) is 5.75 Å². The summed E-state index contributed by atoms with van der Waals surface area (Å²) in [6.07, 6.45) is 1.10. The Morgan fingerprint density at radius 2 is 1.84 bits per heavy atom. The number of rotatable bonds is 5. The number of nitrogens with zero attached hydrogens (tertiary/aromatic N) is 1. The van der Waals surface area contributed by atoms with Crippen molar-refractivity contribution in [2.75, 3.05) is 30.4 Å². The van der Waals surface area contributed by atoms with E-state index in [4.69, 9.17) is 27.9 Å². The van der Waals surface area contributed by atoms with Gasteiger partial charge in [0.25, 0.3) is 0 Å². The summed E-state index contributed by atoms with van der Waals surface area (Å²) in [5.74, 6) is -0.251. The zero-order valence-corrected chi connectivity index (χ0v) is 18.2. The van der Waals surface area contributed by atoms with E-state index in [0.29, 0.717) is 22.0 Å². The summed E-state index contributed by atoms with van der Waals surface area (Å²) < 4.78 is 44.9. The molecule has 1 saturated heterocycles. The number of ether oxygens (including phenoxy) is 1. The van der Waals surface area contributed by atoms with Crippen molar-refractivity contribution in [1.29, 1.82) is 0 Å². The van der Waals surface area contributed by atoms with Gasteiger partial charge >= 0.3 is 6.18 Å². The average Bonchev–Trinajstić information content (AvgIpc) is 2.72. The smallest absolute Gasteiger partial charge is 0.416 e. The fourth-order valence-corrected chi connectivity index (χ4v) is 4.07. The van der Waals surface area contributed by atoms with Gasteiger partial charge in [-0.2, -0.15) is 13.2 Å². The molecule has 166 valence electrons. The fourth-order valence-electron chi connectivity index (χ4n) is 3.48. The van der Waals surface area contributed by atoms with Crippen molar-refractivity contribution >= 4 is 46.6 Å². The van der Waals surface area contributed by atoms with Crippen LogP contribution in [0.4, 0.5) is 24.5 Å². The van der Waals surface area contributed by atoms with E-state index in [0.717, 1.165) is 44.5 Å². The maximum atomic E-state index is 13.2. The number of hydrogen-bond donors (Lipinski definition) is 1. The zero-order chi connectivity index (χ0) is 22.6. The first-order valence-electron chi connectivity index (χ1n) is 9.67. The van der Waals surface area contributed by atoms with Crippen LogP contribution in [-0.4, -0.2) is 26.1 Å². The second-order valence-corrected chi connectivity index (χ2v) is 7.95. The number of methoxy groups -OCH3 is 1. The molecule has 0 aromatic heterocycles. The van der Waals surface area contributed by atoms with E-state index in [-0.39, 0.29) is 10.7 Å². The summed E-state index contributed by atoms with van der Waals surface area (Å²) in [5.41, 5.74) is 0.326. The SMILES string of the molecule is COc1c(Cl)cc(Cl)cc1/C=C/C(=O)Nc1cc(C(F)(F)F)ccc1N1CCCCC1. The third-order valence-electron chi connectivity index (χ3n) is 4.93. The molecule has 0 unspecified atom stereocenters. The van der Waals surface area contributed by atoms with Crippen molar-refractivity contribution in [3.8, 4) is 5.75 Å². The predicted octanol–water partition coefficient (Wildman–Crippen LogP) is 6.66.